The van der Waals surface area contributed by atoms with Crippen molar-refractivity contribution in [2.24, 2.45) is 0 Å². The van der Waals surface area contributed by atoms with E-state index in [0.717, 1.165) is 10.6 Å². The summed E-state index contributed by atoms with van der Waals surface area (Å²) in [6.07, 6.45) is 0.672. The van der Waals surface area contributed by atoms with Gasteiger partial charge in [0.1, 0.15) is 0 Å². The molecular weight excluding hydrogens is 301 g/mol. The molecule has 0 aliphatic carbocycles. The van der Waals surface area contributed by atoms with Gasteiger partial charge < -0.3 is 5.11 Å². The second-order valence-electron chi connectivity index (χ2n) is 3.57. The van der Waals surface area contributed by atoms with E-state index in [1.54, 1.807) is 0 Å². The lowest BCUT2D eigenvalue weighted by Gasteiger charge is -2.22. The molecule has 0 fully saturated rings. The molecule has 0 saturated heterocycles. The number of hydrogen-bond donors (Lipinski definition) is 1. The lowest BCUT2D eigenvalue weighted by atomic mass is 10.3. The summed E-state index contributed by atoms with van der Waals surface area (Å²) in [6.45, 7) is -0.185. The van der Waals surface area contributed by atoms with E-state index in [4.69, 9.17) is 28.3 Å². The van der Waals surface area contributed by atoms with Gasteiger partial charge >= 0.3 is 5.97 Å². The van der Waals surface area contributed by atoms with Gasteiger partial charge in [0.2, 0.25) is 10.0 Å². The zero-order chi connectivity index (χ0) is 13.9. The molecule has 5 nitrogen and oxygen atoms in total. The monoisotopic (exact) mass is 311 g/mol. The predicted octanol–water partition coefficient (Wildman–Crippen LogP) is 2.23. The minimum absolute atomic E-state index is 0.151. The maximum Gasteiger partial charge on any atom is 0.305 e. The first-order valence-electron chi connectivity index (χ1n) is 4.86. The van der Waals surface area contributed by atoms with Gasteiger partial charge in [0.15, 0.2) is 0 Å². The molecule has 0 atom stereocenters. The van der Waals surface area contributed by atoms with Crippen LogP contribution in [0.2, 0.25) is 10.0 Å². The summed E-state index contributed by atoms with van der Waals surface area (Å²) < 4.78 is 24.2. The van der Waals surface area contributed by atoms with Crippen LogP contribution in [0.15, 0.2) is 18.2 Å². The first kappa shape index (κ1) is 15.1. The van der Waals surface area contributed by atoms with Crippen molar-refractivity contribution in [3.63, 3.8) is 0 Å². The molecule has 0 aromatic heterocycles. The van der Waals surface area contributed by atoms with Crippen molar-refractivity contribution >= 4 is 44.9 Å². The van der Waals surface area contributed by atoms with Crippen molar-refractivity contribution in [2.75, 3.05) is 17.1 Å². The van der Waals surface area contributed by atoms with Crippen molar-refractivity contribution < 1.29 is 18.3 Å². The Balaban J connectivity index is 3.14. The molecule has 0 heterocycles. The summed E-state index contributed by atoms with van der Waals surface area (Å²) in [5.74, 6) is -1.09. The number of sulfonamides is 1. The van der Waals surface area contributed by atoms with Gasteiger partial charge in [-0.25, -0.2) is 8.42 Å². The minimum atomic E-state index is -3.61. The molecule has 1 aromatic carbocycles. The first-order chi connectivity index (χ1) is 8.21. The largest absolute Gasteiger partial charge is 0.481 e. The molecular formula is C10H11Cl2NO4S. The van der Waals surface area contributed by atoms with Crippen LogP contribution in [-0.2, 0) is 14.8 Å². The molecule has 0 saturated carbocycles. The molecule has 8 heteroatoms. The van der Waals surface area contributed by atoms with E-state index in [9.17, 15) is 13.2 Å². The zero-order valence-corrected chi connectivity index (χ0v) is 11.8. The fourth-order valence-corrected chi connectivity index (χ4v) is 2.85. The Bertz CT molecular complexity index is 559. The number of halogens is 2. The summed E-state index contributed by atoms with van der Waals surface area (Å²) in [6, 6.07) is 4.33. The van der Waals surface area contributed by atoms with E-state index >= 15 is 0 Å². The highest BCUT2D eigenvalue weighted by Crippen LogP contribution is 2.30. The highest BCUT2D eigenvalue weighted by Gasteiger charge is 2.20. The summed E-state index contributed by atoms with van der Waals surface area (Å²) in [5.41, 5.74) is 0.213. The molecule has 0 unspecified atom stereocenters. The molecule has 100 valence electrons. The van der Waals surface area contributed by atoms with Crippen molar-refractivity contribution in [2.45, 2.75) is 6.42 Å². The lowest BCUT2D eigenvalue weighted by Crippen LogP contribution is -2.32. The van der Waals surface area contributed by atoms with E-state index in [1.807, 2.05) is 0 Å². The smallest absolute Gasteiger partial charge is 0.305 e. The van der Waals surface area contributed by atoms with E-state index in [1.165, 1.54) is 18.2 Å². The van der Waals surface area contributed by atoms with Gasteiger partial charge in [-0.15, -0.1) is 0 Å². The lowest BCUT2D eigenvalue weighted by molar-refractivity contribution is -0.136. The van der Waals surface area contributed by atoms with Gasteiger partial charge in [-0.1, -0.05) is 23.2 Å². The Morgan fingerprint density at radius 1 is 1.39 bits per heavy atom. The fraction of sp³-hybridized carbons (Fsp3) is 0.300. The molecule has 0 aliphatic heterocycles. The van der Waals surface area contributed by atoms with Crippen molar-refractivity contribution in [1.29, 1.82) is 0 Å². The van der Waals surface area contributed by atoms with Gasteiger partial charge in [-0.05, 0) is 18.2 Å². The summed E-state index contributed by atoms with van der Waals surface area (Å²) in [5, 5.41) is 9.13. The van der Waals surface area contributed by atoms with Gasteiger partial charge in [0, 0.05) is 11.6 Å². The number of anilines is 1. The maximum atomic E-state index is 11.6. The van der Waals surface area contributed by atoms with Gasteiger partial charge in [0.25, 0.3) is 0 Å². The third-order valence-electron chi connectivity index (χ3n) is 2.11. The van der Waals surface area contributed by atoms with E-state index in [-0.39, 0.29) is 23.7 Å². The minimum Gasteiger partial charge on any atom is -0.481 e. The second kappa shape index (κ2) is 5.77. The molecule has 0 amide bonds. The number of carboxylic acids is 1. The molecule has 0 aliphatic rings. The summed E-state index contributed by atoms with van der Waals surface area (Å²) >= 11 is 11.6. The van der Waals surface area contributed by atoms with Crippen LogP contribution in [-0.4, -0.2) is 32.3 Å². The average molecular weight is 312 g/mol. The molecule has 18 heavy (non-hydrogen) atoms. The van der Waals surface area contributed by atoms with Crippen LogP contribution in [0, 0.1) is 0 Å². The third kappa shape index (κ3) is 4.04. The zero-order valence-electron chi connectivity index (χ0n) is 9.43. The molecule has 1 N–H and O–H groups in total. The number of hydrogen-bond acceptors (Lipinski definition) is 3. The van der Waals surface area contributed by atoms with Crippen LogP contribution in [0.5, 0.6) is 0 Å². The van der Waals surface area contributed by atoms with E-state index < -0.39 is 16.0 Å². The Morgan fingerprint density at radius 2 is 2.00 bits per heavy atom. The Kier molecular flexibility index (Phi) is 4.84. The summed E-state index contributed by atoms with van der Waals surface area (Å²) in [7, 11) is -3.61. The third-order valence-corrected chi connectivity index (χ3v) is 3.83. The van der Waals surface area contributed by atoms with E-state index in [0.29, 0.717) is 5.02 Å². The van der Waals surface area contributed by atoms with Crippen molar-refractivity contribution in [3.05, 3.63) is 28.2 Å². The Labute approximate surface area is 115 Å². The average Bonchev–Trinajstić information content (AvgIpc) is 2.18. The van der Waals surface area contributed by atoms with Crippen LogP contribution < -0.4 is 4.31 Å². The van der Waals surface area contributed by atoms with Crippen molar-refractivity contribution in [1.82, 2.24) is 0 Å². The molecule has 0 spiro atoms. The number of aliphatic carboxylic acids is 1. The number of nitrogens with zero attached hydrogens (tertiary/aromatic N) is 1. The highest BCUT2D eigenvalue weighted by atomic mass is 35.5. The molecule has 0 bridgehead atoms. The van der Waals surface area contributed by atoms with Crippen LogP contribution in [0.25, 0.3) is 0 Å². The van der Waals surface area contributed by atoms with Crippen LogP contribution in [0.3, 0.4) is 0 Å². The highest BCUT2D eigenvalue weighted by molar-refractivity contribution is 7.92. The first-order valence-corrected chi connectivity index (χ1v) is 7.47. The molecule has 0 radical (unpaired) electrons. The van der Waals surface area contributed by atoms with Gasteiger partial charge in [0.05, 0.1) is 23.4 Å². The van der Waals surface area contributed by atoms with E-state index in [2.05, 4.69) is 0 Å². The Hall–Kier alpha value is -0.980. The Morgan fingerprint density at radius 3 is 2.44 bits per heavy atom. The fourth-order valence-electron chi connectivity index (χ4n) is 1.35. The van der Waals surface area contributed by atoms with Crippen molar-refractivity contribution in [3.8, 4) is 0 Å². The van der Waals surface area contributed by atoms with Crippen LogP contribution in [0.1, 0.15) is 6.42 Å². The van der Waals surface area contributed by atoms with Crippen LogP contribution >= 0.6 is 23.2 Å². The number of carbonyl (C=O) groups is 1. The van der Waals surface area contributed by atoms with Crippen LogP contribution in [0.4, 0.5) is 5.69 Å². The molecule has 1 aromatic rings. The normalized spacial score (nSPS) is 11.3. The number of benzene rings is 1. The maximum absolute atomic E-state index is 11.6. The number of rotatable bonds is 5. The second-order valence-corrected chi connectivity index (χ2v) is 6.33. The van der Waals surface area contributed by atoms with Gasteiger partial charge in [-0.2, -0.15) is 0 Å². The predicted molar refractivity (Wildman–Crippen MR) is 70.9 cm³/mol. The van der Waals surface area contributed by atoms with Gasteiger partial charge in [-0.3, -0.25) is 9.10 Å². The number of carboxylic acid groups (broad SMARTS) is 1. The SMILES string of the molecule is CS(=O)(=O)N(CCC(=O)O)c1ccc(Cl)cc1Cl. The topological polar surface area (TPSA) is 74.7 Å². The standard InChI is InChI=1S/C10H11Cl2NO4S/c1-18(16,17)13(5-4-10(14)15)9-3-2-7(11)6-8(9)12/h2-3,6H,4-5H2,1H3,(H,14,15). The molecule has 1 rings (SSSR count). The summed E-state index contributed by atoms with van der Waals surface area (Å²) in [4.78, 5) is 10.5. The quantitative estimate of drug-likeness (QED) is 0.905.